The molecule has 0 spiro atoms. The van der Waals surface area contributed by atoms with E-state index in [1.807, 2.05) is 48.5 Å². The van der Waals surface area contributed by atoms with Gasteiger partial charge in [-0.15, -0.1) is 0 Å². The minimum Gasteiger partial charge on any atom is -0.323 e. The average Bonchev–Trinajstić information content (AvgIpc) is 3.26. The Bertz CT molecular complexity index is 989. The molecule has 4 rings (SSSR count). The number of Topliss-reactive ketones (excluding diaryl/α,β-unsaturated/α-hetero) is 1. The van der Waals surface area contributed by atoms with E-state index in [0.717, 1.165) is 22.3 Å². The van der Waals surface area contributed by atoms with Crippen LogP contribution in [0, 0.1) is 0 Å². The molecule has 6 heteroatoms. The summed E-state index contributed by atoms with van der Waals surface area (Å²) in [5.41, 5.74) is 4.40. The predicted molar refractivity (Wildman–Crippen MR) is 96.7 cm³/mol. The highest BCUT2D eigenvalue weighted by molar-refractivity contribution is 6.17. The van der Waals surface area contributed by atoms with E-state index in [-0.39, 0.29) is 18.1 Å². The summed E-state index contributed by atoms with van der Waals surface area (Å²) in [7, 11) is 0. The third-order valence-corrected chi connectivity index (χ3v) is 4.23. The maximum absolute atomic E-state index is 11.9. The number of hydrogen-bond acceptors (Lipinski definition) is 4. The molecule has 128 valence electrons. The quantitative estimate of drug-likeness (QED) is 0.582. The van der Waals surface area contributed by atoms with Crippen molar-refractivity contribution in [2.45, 2.75) is 13.0 Å². The zero-order valence-electron chi connectivity index (χ0n) is 13.9. The standard InChI is InChI=1S/C20H16N4O2/c25-19-10-20(26)23-18(19)9-16-3-1-2-4-17(16)15-7-5-14(6-8-15)11-24-13-21-12-22-24/h1-9,12-13H,10-11H2,(H,23,26)/b18-9-. The first-order chi connectivity index (χ1) is 12.7. The van der Waals surface area contributed by atoms with Gasteiger partial charge in [-0.25, -0.2) is 9.67 Å². The topological polar surface area (TPSA) is 76.9 Å². The third kappa shape index (κ3) is 3.30. The van der Waals surface area contributed by atoms with Crippen LogP contribution in [0.5, 0.6) is 0 Å². The smallest absolute Gasteiger partial charge is 0.232 e. The van der Waals surface area contributed by atoms with Gasteiger partial charge in [0.15, 0.2) is 5.78 Å². The zero-order chi connectivity index (χ0) is 17.9. The Morgan fingerprint density at radius 3 is 2.58 bits per heavy atom. The highest BCUT2D eigenvalue weighted by Gasteiger charge is 2.24. The Balaban J connectivity index is 1.63. The Hall–Kier alpha value is -3.54. The number of ketones is 1. The number of rotatable bonds is 4. The van der Waals surface area contributed by atoms with Gasteiger partial charge in [-0.3, -0.25) is 9.59 Å². The van der Waals surface area contributed by atoms with Crippen LogP contribution >= 0.6 is 0 Å². The summed E-state index contributed by atoms with van der Waals surface area (Å²) in [6.45, 7) is 0.659. The molecule has 0 atom stereocenters. The molecule has 0 aliphatic carbocycles. The van der Waals surface area contributed by atoms with Crippen molar-refractivity contribution < 1.29 is 9.59 Å². The number of allylic oxidation sites excluding steroid dienone is 1. The lowest BCUT2D eigenvalue weighted by atomic mass is 9.97. The number of benzene rings is 2. The van der Waals surface area contributed by atoms with Gasteiger partial charge in [0, 0.05) is 0 Å². The first-order valence-corrected chi connectivity index (χ1v) is 8.24. The van der Waals surface area contributed by atoms with Crippen molar-refractivity contribution in [2.24, 2.45) is 0 Å². The van der Waals surface area contributed by atoms with E-state index in [4.69, 9.17) is 0 Å². The van der Waals surface area contributed by atoms with E-state index in [1.165, 1.54) is 6.33 Å². The molecule has 1 fully saturated rings. The fraction of sp³-hybridized carbons (Fsp3) is 0.100. The van der Waals surface area contributed by atoms with Crippen molar-refractivity contribution in [3.8, 4) is 11.1 Å². The van der Waals surface area contributed by atoms with Gasteiger partial charge in [0.25, 0.3) is 0 Å². The SMILES string of the molecule is O=C1CC(=O)/C(=C/c2ccccc2-c2ccc(Cn3cncn3)cc2)N1. The highest BCUT2D eigenvalue weighted by atomic mass is 16.2. The van der Waals surface area contributed by atoms with Crippen LogP contribution in [0.15, 0.2) is 66.9 Å². The maximum Gasteiger partial charge on any atom is 0.232 e. The fourth-order valence-electron chi connectivity index (χ4n) is 2.95. The Kier molecular flexibility index (Phi) is 4.15. The fourth-order valence-corrected chi connectivity index (χ4v) is 2.95. The molecule has 0 saturated carbocycles. The zero-order valence-corrected chi connectivity index (χ0v) is 13.9. The summed E-state index contributed by atoms with van der Waals surface area (Å²) < 4.78 is 1.77. The van der Waals surface area contributed by atoms with Gasteiger partial charge < -0.3 is 5.32 Å². The molecular weight excluding hydrogens is 328 g/mol. The Labute approximate surface area is 150 Å². The maximum atomic E-state index is 11.9. The van der Waals surface area contributed by atoms with Crippen molar-refractivity contribution in [2.75, 3.05) is 0 Å². The van der Waals surface area contributed by atoms with E-state index >= 15 is 0 Å². The normalized spacial score (nSPS) is 15.5. The van der Waals surface area contributed by atoms with Crippen molar-refractivity contribution in [3.05, 3.63) is 78.0 Å². The molecule has 2 heterocycles. The van der Waals surface area contributed by atoms with Gasteiger partial charge in [-0.2, -0.15) is 5.10 Å². The molecule has 1 amide bonds. The molecular formula is C20H16N4O2. The molecule has 1 aromatic heterocycles. The molecule has 1 aliphatic rings. The molecule has 6 nitrogen and oxygen atoms in total. The molecule has 0 radical (unpaired) electrons. The van der Waals surface area contributed by atoms with Crippen LogP contribution in [-0.4, -0.2) is 26.5 Å². The predicted octanol–water partition coefficient (Wildman–Crippen LogP) is 2.42. The van der Waals surface area contributed by atoms with E-state index in [0.29, 0.717) is 12.2 Å². The van der Waals surface area contributed by atoms with Gasteiger partial charge in [-0.1, -0.05) is 48.5 Å². The number of nitrogens with zero attached hydrogens (tertiary/aromatic N) is 3. The van der Waals surface area contributed by atoms with Gasteiger partial charge in [0.2, 0.25) is 5.91 Å². The van der Waals surface area contributed by atoms with E-state index < -0.39 is 0 Å². The van der Waals surface area contributed by atoms with E-state index in [2.05, 4.69) is 15.4 Å². The number of hydrogen-bond donors (Lipinski definition) is 1. The first-order valence-electron chi connectivity index (χ1n) is 8.24. The van der Waals surface area contributed by atoms with Crippen LogP contribution in [-0.2, 0) is 16.1 Å². The lowest BCUT2D eigenvalue weighted by molar-refractivity contribution is -0.121. The summed E-state index contributed by atoms with van der Waals surface area (Å²) in [5, 5.41) is 6.73. The van der Waals surface area contributed by atoms with Gasteiger partial charge in [0.05, 0.1) is 18.7 Å². The molecule has 0 bridgehead atoms. The average molecular weight is 344 g/mol. The minimum absolute atomic E-state index is 0.0784. The lowest BCUT2D eigenvalue weighted by Gasteiger charge is -2.09. The second-order valence-electron chi connectivity index (χ2n) is 6.08. The largest absolute Gasteiger partial charge is 0.323 e. The summed E-state index contributed by atoms with van der Waals surface area (Å²) in [6, 6.07) is 16.0. The van der Waals surface area contributed by atoms with Crippen LogP contribution in [0.25, 0.3) is 17.2 Å². The van der Waals surface area contributed by atoms with Crippen LogP contribution in [0.2, 0.25) is 0 Å². The van der Waals surface area contributed by atoms with Gasteiger partial charge >= 0.3 is 0 Å². The lowest BCUT2D eigenvalue weighted by Crippen LogP contribution is -2.12. The number of nitrogens with one attached hydrogen (secondary N) is 1. The second-order valence-corrected chi connectivity index (χ2v) is 6.08. The second kappa shape index (κ2) is 6.76. The van der Waals surface area contributed by atoms with Crippen LogP contribution in [0.1, 0.15) is 17.5 Å². The Morgan fingerprint density at radius 1 is 1.08 bits per heavy atom. The third-order valence-electron chi connectivity index (χ3n) is 4.23. The van der Waals surface area contributed by atoms with Crippen molar-refractivity contribution >= 4 is 17.8 Å². The highest BCUT2D eigenvalue weighted by Crippen LogP contribution is 2.26. The summed E-state index contributed by atoms with van der Waals surface area (Å²) in [4.78, 5) is 27.2. The van der Waals surface area contributed by atoms with Crippen molar-refractivity contribution in [1.82, 2.24) is 20.1 Å². The van der Waals surface area contributed by atoms with E-state index in [9.17, 15) is 9.59 Å². The Morgan fingerprint density at radius 2 is 1.88 bits per heavy atom. The minimum atomic E-state index is -0.254. The van der Waals surface area contributed by atoms with Crippen LogP contribution in [0.4, 0.5) is 0 Å². The monoisotopic (exact) mass is 344 g/mol. The summed E-state index contributed by atoms with van der Waals surface area (Å²) in [6.07, 6.45) is 4.86. The van der Waals surface area contributed by atoms with E-state index in [1.54, 1.807) is 17.1 Å². The summed E-state index contributed by atoms with van der Waals surface area (Å²) >= 11 is 0. The molecule has 26 heavy (non-hydrogen) atoms. The number of carbonyl (C=O) groups is 2. The molecule has 1 aliphatic heterocycles. The first kappa shape index (κ1) is 16.0. The van der Waals surface area contributed by atoms with Crippen molar-refractivity contribution in [1.29, 1.82) is 0 Å². The molecule has 0 unspecified atom stereocenters. The number of carbonyl (C=O) groups excluding carboxylic acids is 2. The van der Waals surface area contributed by atoms with Gasteiger partial charge in [0.1, 0.15) is 12.7 Å². The number of amides is 1. The van der Waals surface area contributed by atoms with Crippen LogP contribution < -0.4 is 5.32 Å². The molecule has 1 N–H and O–H groups in total. The molecule has 1 saturated heterocycles. The molecule has 2 aromatic carbocycles. The van der Waals surface area contributed by atoms with Crippen molar-refractivity contribution in [3.63, 3.8) is 0 Å². The van der Waals surface area contributed by atoms with Crippen LogP contribution in [0.3, 0.4) is 0 Å². The summed E-state index contributed by atoms with van der Waals surface area (Å²) in [5.74, 6) is -0.427. The number of aromatic nitrogens is 3. The molecule has 3 aromatic rings. The van der Waals surface area contributed by atoms with Gasteiger partial charge in [-0.05, 0) is 28.3 Å².